The van der Waals surface area contributed by atoms with Gasteiger partial charge in [-0.05, 0) is 18.4 Å². The van der Waals surface area contributed by atoms with Crippen molar-refractivity contribution in [2.75, 3.05) is 6.54 Å². The van der Waals surface area contributed by atoms with Crippen molar-refractivity contribution in [1.82, 2.24) is 15.3 Å². The molecular formula is C17H22N4O3. The van der Waals surface area contributed by atoms with Crippen LogP contribution in [-0.2, 0) is 0 Å². The first kappa shape index (κ1) is 17.7. The number of carbonyl (C=O) groups is 2. The number of aliphatic hydroxyl groups excluding tert-OH is 1. The van der Waals surface area contributed by atoms with Crippen LogP contribution in [0.1, 0.15) is 41.4 Å². The molecule has 0 aliphatic rings. The summed E-state index contributed by atoms with van der Waals surface area (Å²) >= 11 is 0. The van der Waals surface area contributed by atoms with Crippen molar-refractivity contribution in [1.29, 1.82) is 0 Å². The van der Waals surface area contributed by atoms with Gasteiger partial charge in [0.05, 0.1) is 0 Å². The summed E-state index contributed by atoms with van der Waals surface area (Å²) in [6, 6.07) is 8.87. The molecule has 0 fully saturated rings. The SMILES string of the molecule is NC(=O)NCCCCC(c1ccccc1)C(O)C(=O)c1ncc[nH]1. The van der Waals surface area contributed by atoms with E-state index in [0.717, 1.165) is 12.0 Å². The van der Waals surface area contributed by atoms with Gasteiger partial charge in [0.1, 0.15) is 6.10 Å². The minimum atomic E-state index is -1.18. The fourth-order valence-electron chi connectivity index (χ4n) is 2.63. The molecule has 2 atom stereocenters. The Morgan fingerprint density at radius 3 is 2.62 bits per heavy atom. The quantitative estimate of drug-likeness (QED) is 0.412. The predicted molar refractivity (Wildman–Crippen MR) is 89.5 cm³/mol. The average Bonchev–Trinajstić information content (AvgIpc) is 3.12. The van der Waals surface area contributed by atoms with Crippen LogP contribution < -0.4 is 11.1 Å². The van der Waals surface area contributed by atoms with Crippen LogP contribution in [0.15, 0.2) is 42.7 Å². The van der Waals surface area contributed by atoms with Crippen molar-refractivity contribution in [3.8, 4) is 0 Å². The summed E-state index contributed by atoms with van der Waals surface area (Å²) in [5.74, 6) is -0.611. The number of hydrogen-bond acceptors (Lipinski definition) is 4. The van der Waals surface area contributed by atoms with E-state index in [-0.39, 0.29) is 11.7 Å². The number of primary amides is 1. The van der Waals surface area contributed by atoms with Crippen LogP contribution in [0, 0.1) is 0 Å². The van der Waals surface area contributed by atoms with E-state index in [9.17, 15) is 14.7 Å². The van der Waals surface area contributed by atoms with Crippen LogP contribution in [0.5, 0.6) is 0 Å². The van der Waals surface area contributed by atoms with Crippen LogP contribution in [0.25, 0.3) is 0 Å². The van der Waals surface area contributed by atoms with Gasteiger partial charge >= 0.3 is 6.03 Å². The average molecular weight is 330 g/mol. The summed E-state index contributed by atoms with van der Waals surface area (Å²) in [6.07, 6.45) is 3.91. The molecule has 24 heavy (non-hydrogen) atoms. The number of Topliss-reactive ketones (excluding diaryl/α,β-unsaturated/α-hetero) is 1. The minimum Gasteiger partial charge on any atom is -0.384 e. The molecule has 5 N–H and O–H groups in total. The molecule has 0 saturated carbocycles. The summed E-state index contributed by atoms with van der Waals surface area (Å²) in [7, 11) is 0. The zero-order chi connectivity index (χ0) is 17.4. The zero-order valence-electron chi connectivity index (χ0n) is 13.3. The lowest BCUT2D eigenvalue weighted by molar-refractivity contribution is 0.0668. The van der Waals surface area contributed by atoms with Crippen LogP contribution in [-0.4, -0.2) is 39.5 Å². The number of imidazole rings is 1. The third kappa shape index (κ3) is 4.92. The largest absolute Gasteiger partial charge is 0.384 e. The van der Waals surface area contributed by atoms with Gasteiger partial charge in [0, 0.05) is 24.9 Å². The van der Waals surface area contributed by atoms with Gasteiger partial charge in [0.25, 0.3) is 0 Å². The smallest absolute Gasteiger partial charge is 0.312 e. The van der Waals surface area contributed by atoms with E-state index in [4.69, 9.17) is 5.73 Å². The summed E-state index contributed by atoms with van der Waals surface area (Å²) < 4.78 is 0. The first-order chi connectivity index (χ1) is 11.6. The Morgan fingerprint density at radius 1 is 1.25 bits per heavy atom. The summed E-state index contributed by atoms with van der Waals surface area (Å²) in [5, 5.41) is 13.1. The lowest BCUT2D eigenvalue weighted by atomic mass is 9.86. The lowest BCUT2D eigenvalue weighted by Gasteiger charge is -2.22. The van der Waals surface area contributed by atoms with Crippen LogP contribution in [0.3, 0.4) is 0 Å². The highest BCUT2D eigenvalue weighted by atomic mass is 16.3. The number of aromatic amines is 1. The number of carbonyl (C=O) groups excluding carboxylic acids is 2. The molecule has 2 aromatic rings. The summed E-state index contributed by atoms with van der Waals surface area (Å²) in [4.78, 5) is 29.7. The van der Waals surface area contributed by atoms with Crippen molar-refractivity contribution in [3.05, 3.63) is 54.1 Å². The Bertz CT molecular complexity index is 643. The molecule has 0 bridgehead atoms. The van der Waals surface area contributed by atoms with E-state index in [1.165, 1.54) is 6.20 Å². The van der Waals surface area contributed by atoms with Crippen molar-refractivity contribution in [3.63, 3.8) is 0 Å². The Labute approximate surface area is 140 Å². The van der Waals surface area contributed by atoms with Crippen LogP contribution in [0.2, 0.25) is 0 Å². The summed E-state index contributed by atoms with van der Waals surface area (Å²) in [6.45, 7) is 0.471. The zero-order valence-corrected chi connectivity index (χ0v) is 13.3. The fraction of sp³-hybridized carbons (Fsp3) is 0.353. The molecule has 0 spiro atoms. The molecule has 0 saturated heterocycles. The number of H-pyrrole nitrogens is 1. The number of amides is 2. The highest BCUT2D eigenvalue weighted by Gasteiger charge is 2.29. The molecule has 0 aliphatic carbocycles. The molecule has 1 aromatic heterocycles. The number of nitrogens with one attached hydrogen (secondary N) is 2. The minimum absolute atomic E-state index is 0.152. The number of rotatable bonds is 9. The van der Waals surface area contributed by atoms with Crippen molar-refractivity contribution >= 4 is 11.8 Å². The molecule has 2 unspecified atom stereocenters. The maximum atomic E-state index is 12.4. The Morgan fingerprint density at radius 2 is 2.00 bits per heavy atom. The van der Waals surface area contributed by atoms with E-state index in [1.807, 2.05) is 30.3 Å². The number of unbranched alkanes of at least 4 members (excludes halogenated alkanes) is 1. The molecule has 2 amide bonds. The van der Waals surface area contributed by atoms with E-state index in [2.05, 4.69) is 15.3 Å². The molecule has 2 rings (SSSR count). The maximum absolute atomic E-state index is 12.4. The lowest BCUT2D eigenvalue weighted by Crippen LogP contribution is -2.31. The molecule has 1 heterocycles. The van der Waals surface area contributed by atoms with E-state index in [1.54, 1.807) is 6.20 Å². The number of urea groups is 1. The van der Waals surface area contributed by atoms with Crippen molar-refractivity contribution in [2.24, 2.45) is 5.73 Å². The van der Waals surface area contributed by atoms with Gasteiger partial charge < -0.3 is 21.1 Å². The number of nitrogens with two attached hydrogens (primary N) is 1. The third-order valence-corrected chi connectivity index (χ3v) is 3.85. The molecule has 128 valence electrons. The second kappa shape index (κ2) is 8.83. The number of aliphatic hydroxyl groups is 1. The Hall–Kier alpha value is -2.67. The summed E-state index contributed by atoms with van der Waals surface area (Å²) in [5.41, 5.74) is 5.92. The number of benzene rings is 1. The van der Waals surface area contributed by atoms with Crippen molar-refractivity contribution in [2.45, 2.75) is 31.3 Å². The molecule has 0 radical (unpaired) electrons. The van der Waals surface area contributed by atoms with Gasteiger partial charge in [-0.25, -0.2) is 9.78 Å². The first-order valence-electron chi connectivity index (χ1n) is 7.89. The van der Waals surface area contributed by atoms with Gasteiger partial charge in [0.15, 0.2) is 5.82 Å². The Balaban J connectivity index is 2.03. The van der Waals surface area contributed by atoms with E-state index >= 15 is 0 Å². The predicted octanol–water partition coefficient (Wildman–Crippen LogP) is 1.58. The first-order valence-corrected chi connectivity index (χ1v) is 7.89. The number of nitrogens with zero attached hydrogens (tertiary/aromatic N) is 1. The highest BCUT2D eigenvalue weighted by Crippen LogP contribution is 2.27. The monoisotopic (exact) mass is 330 g/mol. The topological polar surface area (TPSA) is 121 Å². The molecule has 1 aromatic carbocycles. The highest BCUT2D eigenvalue weighted by molar-refractivity contribution is 5.96. The molecule has 0 aliphatic heterocycles. The second-order valence-corrected chi connectivity index (χ2v) is 5.55. The van der Waals surface area contributed by atoms with E-state index in [0.29, 0.717) is 19.4 Å². The maximum Gasteiger partial charge on any atom is 0.312 e. The molecule has 7 heteroatoms. The number of aromatic nitrogens is 2. The van der Waals surface area contributed by atoms with Gasteiger partial charge in [-0.3, -0.25) is 4.79 Å². The van der Waals surface area contributed by atoms with Gasteiger partial charge in [0.2, 0.25) is 5.78 Å². The number of hydrogen-bond donors (Lipinski definition) is 4. The van der Waals surface area contributed by atoms with Gasteiger partial charge in [-0.2, -0.15) is 0 Å². The van der Waals surface area contributed by atoms with E-state index < -0.39 is 17.9 Å². The van der Waals surface area contributed by atoms with Gasteiger partial charge in [-0.1, -0.05) is 36.8 Å². The fourth-order valence-corrected chi connectivity index (χ4v) is 2.63. The van der Waals surface area contributed by atoms with Crippen LogP contribution >= 0.6 is 0 Å². The van der Waals surface area contributed by atoms with Gasteiger partial charge in [-0.15, -0.1) is 0 Å². The van der Waals surface area contributed by atoms with Crippen LogP contribution in [0.4, 0.5) is 4.79 Å². The van der Waals surface area contributed by atoms with Crippen molar-refractivity contribution < 1.29 is 14.7 Å². The number of ketones is 1. The Kier molecular flexibility index (Phi) is 6.51. The molecular weight excluding hydrogens is 308 g/mol. The third-order valence-electron chi connectivity index (χ3n) is 3.85. The molecule has 7 nitrogen and oxygen atoms in total. The normalized spacial score (nSPS) is 13.2. The standard InChI is InChI=1S/C17H22N4O3/c18-17(24)21-9-5-4-8-13(12-6-2-1-3-7-12)14(22)15(23)16-19-10-11-20-16/h1-3,6-7,10-11,13-14,22H,4-5,8-9H2,(H,19,20)(H3,18,21,24). The second-order valence-electron chi connectivity index (χ2n) is 5.55.